The number of ether oxygens (including phenoxy) is 5. The number of nitrogens with one attached hydrogen (secondary N) is 1. The molecule has 0 amide bonds. The van der Waals surface area contributed by atoms with E-state index in [1.54, 1.807) is 0 Å². The van der Waals surface area contributed by atoms with Gasteiger partial charge >= 0.3 is 20.1 Å². The number of aliphatic hydroxyl groups is 2. The maximum absolute atomic E-state index is 16.0. The van der Waals surface area contributed by atoms with Crippen molar-refractivity contribution in [3.05, 3.63) is 22.5 Å². The van der Waals surface area contributed by atoms with Crippen LogP contribution in [-0.4, -0.2) is 92.0 Å². The van der Waals surface area contributed by atoms with Gasteiger partial charge in [0.05, 0.1) is 18.5 Å². The lowest BCUT2D eigenvalue weighted by Crippen LogP contribution is -2.49. The zero-order valence-corrected chi connectivity index (χ0v) is 24.4. The first-order chi connectivity index (χ1) is 19.5. The molecule has 1 saturated heterocycles. The van der Waals surface area contributed by atoms with Crippen LogP contribution in [-0.2, 0) is 41.8 Å². The molecule has 4 atom stereocenters. The fourth-order valence-corrected chi connectivity index (χ4v) is 4.53. The van der Waals surface area contributed by atoms with Crippen molar-refractivity contribution in [2.75, 3.05) is 20.2 Å². The molecule has 3 heterocycles. The van der Waals surface area contributed by atoms with Gasteiger partial charge in [-0.1, -0.05) is 0 Å². The highest BCUT2D eigenvalue weighted by molar-refractivity contribution is 7.48. The molecule has 1 aliphatic heterocycles. The average Bonchev–Trinajstić information content (AvgIpc) is 3.35. The fourth-order valence-electron chi connectivity index (χ4n) is 3.61. The Kier molecular flexibility index (Phi) is 10.3. The van der Waals surface area contributed by atoms with E-state index in [2.05, 4.69) is 24.4 Å². The van der Waals surface area contributed by atoms with Gasteiger partial charge in [0.1, 0.15) is 24.1 Å². The minimum absolute atomic E-state index is 0.0907. The Labute approximate surface area is 237 Å². The monoisotopic (exact) mass is 626 g/mol. The molecule has 0 unspecified atom stereocenters. The van der Waals surface area contributed by atoms with E-state index in [-0.39, 0.29) is 17.0 Å². The summed E-state index contributed by atoms with van der Waals surface area (Å²) in [7, 11) is -4.95. The second-order valence-corrected chi connectivity index (χ2v) is 11.4. The van der Waals surface area contributed by atoms with Crippen molar-refractivity contribution in [3.63, 3.8) is 0 Å². The van der Waals surface area contributed by atoms with E-state index in [1.165, 1.54) is 34.6 Å². The molecule has 3 rings (SSSR count). The molecule has 236 valence electrons. The van der Waals surface area contributed by atoms with Crippen LogP contribution in [0.5, 0.6) is 0 Å². The lowest BCUT2D eigenvalue weighted by atomic mass is 9.95. The Balaban J connectivity index is 1.77. The number of aromatic nitrogens is 4. The van der Waals surface area contributed by atoms with Crippen LogP contribution in [0.3, 0.4) is 0 Å². The Morgan fingerprint density at radius 2 is 1.69 bits per heavy atom. The highest BCUT2D eigenvalue weighted by Crippen LogP contribution is 2.53. The SMILES string of the molecule is Cc1nc2c(ncn2[C@@H]2O[C@](F)(COP(=O)(OCOC(=O)OC(C)C)OCOC(=O)OC(C)C)[C@@H](O)[C@@]2(C)O)c(=O)[nH]1. The van der Waals surface area contributed by atoms with Crippen molar-refractivity contribution >= 4 is 31.3 Å². The zero-order chi connectivity index (χ0) is 31.5. The van der Waals surface area contributed by atoms with Crippen molar-refractivity contribution < 1.29 is 66.0 Å². The molecule has 0 spiro atoms. The number of imidazole rings is 1. The van der Waals surface area contributed by atoms with E-state index >= 15 is 4.39 Å². The maximum Gasteiger partial charge on any atom is 0.510 e. The molecule has 42 heavy (non-hydrogen) atoms. The first-order valence-electron chi connectivity index (χ1n) is 12.4. The third-order valence-corrected chi connectivity index (χ3v) is 6.72. The molecule has 1 aliphatic rings. The van der Waals surface area contributed by atoms with Gasteiger partial charge in [-0.3, -0.25) is 13.9 Å². The first-order valence-corrected chi connectivity index (χ1v) is 13.8. The Morgan fingerprint density at radius 1 is 1.14 bits per heavy atom. The Bertz CT molecular complexity index is 1350. The summed E-state index contributed by atoms with van der Waals surface area (Å²) in [6.07, 6.45) is -6.56. The van der Waals surface area contributed by atoms with Crippen LogP contribution < -0.4 is 5.56 Å². The number of aliphatic hydroxyl groups excluding tert-OH is 1. The first kappa shape index (κ1) is 33.3. The number of nitrogens with zero attached hydrogens (tertiary/aromatic N) is 3. The summed E-state index contributed by atoms with van der Waals surface area (Å²) in [4.78, 5) is 45.9. The molecule has 2 aromatic heterocycles. The standard InChI is InChI=1S/C22H32FN4O14P/c1-11(2)39-19(30)34-9-37-42(33,38-10-35-20(31)40-12(3)4)36-7-22(23)17(29)21(6,32)18(41-22)27-8-24-14-15(27)25-13(5)26-16(14)28/h8,11-12,17-18,29,32H,7,9-10H2,1-6H3,(H,25,26,28)/t17-,18+,21+,22+/m0/s1. The van der Waals surface area contributed by atoms with Gasteiger partial charge in [0.25, 0.3) is 11.4 Å². The minimum Gasteiger partial charge on any atom is -0.432 e. The number of hydrogen-bond donors (Lipinski definition) is 3. The van der Waals surface area contributed by atoms with Crippen LogP contribution in [0, 0.1) is 6.92 Å². The summed E-state index contributed by atoms with van der Waals surface area (Å²) in [6.45, 7) is 5.08. The molecule has 0 bridgehead atoms. The molecule has 0 saturated carbocycles. The Hall–Kier alpha value is -3.19. The molecular formula is C22H32FN4O14P. The van der Waals surface area contributed by atoms with Crippen molar-refractivity contribution in [2.45, 2.75) is 77.5 Å². The van der Waals surface area contributed by atoms with E-state index in [0.717, 1.165) is 17.8 Å². The summed E-state index contributed by atoms with van der Waals surface area (Å²) in [5.41, 5.74) is -3.24. The average molecular weight is 626 g/mol. The van der Waals surface area contributed by atoms with Crippen LogP contribution >= 0.6 is 7.82 Å². The Morgan fingerprint density at radius 3 is 2.21 bits per heavy atom. The molecule has 0 radical (unpaired) electrons. The van der Waals surface area contributed by atoms with E-state index in [4.69, 9.17) is 27.8 Å². The minimum atomic E-state index is -4.95. The normalized spacial score (nSPS) is 24.4. The van der Waals surface area contributed by atoms with Crippen LogP contribution in [0.15, 0.2) is 11.1 Å². The molecule has 3 N–H and O–H groups in total. The topological polar surface area (TPSA) is 229 Å². The summed E-state index contributed by atoms with van der Waals surface area (Å²) in [5, 5.41) is 21.7. The molecule has 1 fully saturated rings. The summed E-state index contributed by atoms with van der Waals surface area (Å²) in [6, 6.07) is 0. The van der Waals surface area contributed by atoms with Crippen LogP contribution in [0.4, 0.5) is 14.0 Å². The van der Waals surface area contributed by atoms with Crippen molar-refractivity contribution in [1.82, 2.24) is 19.5 Å². The number of carbonyl (C=O) groups excluding carboxylic acids is 2. The van der Waals surface area contributed by atoms with Gasteiger partial charge in [0, 0.05) is 0 Å². The smallest absolute Gasteiger partial charge is 0.432 e. The van der Waals surface area contributed by atoms with Crippen molar-refractivity contribution in [1.29, 1.82) is 0 Å². The van der Waals surface area contributed by atoms with Crippen LogP contribution in [0.2, 0.25) is 0 Å². The predicted octanol–water partition coefficient (Wildman–Crippen LogP) is 1.93. The zero-order valence-electron chi connectivity index (χ0n) is 23.5. The van der Waals surface area contributed by atoms with Gasteiger partial charge in [-0.05, 0) is 41.5 Å². The number of H-pyrrole nitrogens is 1. The quantitative estimate of drug-likeness (QED) is 0.174. The number of alkyl halides is 1. The fraction of sp³-hybridized carbons (Fsp3) is 0.682. The van der Waals surface area contributed by atoms with Gasteiger partial charge in [0.2, 0.25) is 13.6 Å². The van der Waals surface area contributed by atoms with E-state index in [0.29, 0.717) is 0 Å². The molecule has 2 aromatic rings. The third kappa shape index (κ3) is 7.80. The number of halogens is 1. The number of carbonyl (C=O) groups is 2. The number of hydrogen-bond acceptors (Lipinski definition) is 16. The molecule has 0 aromatic carbocycles. The lowest BCUT2D eigenvalue weighted by molar-refractivity contribution is -0.205. The maximum atomic E-state index is 16.0. The van der Waals surface area contributed by atoms with Crippen molar-refractivity contribution in [3.8, 4) is 0 Å². The van der Waals surface area contributed by atoms with Crippen LogP contribution in [0.1, 0.15) is 46.7 Å². The van der Waals surface area contributed by atoms with E-state index in [9.17, 15) is 29.2 Å². The number of phosphoric ester groups is 1. The second kappa shape index (κ2) is 13.0. The number of rotatable bonds is 12. The lowest BCUT2D eigenvalue weighted by Gasteiger charge is -2.28. The summed E-state index contributed by atoms with van der Waals surface area (Å²) < 4.78 is 68.8. The number of aryl methyl sites for hydroxylation is 1. The molecular weight excluding hydrogens is 594 g/mol. The van der Waals surface area contributed by atoms with Crippen molar-refractivity contribution in [2.24, 2.45) is 0 Å². The highest BCUT2D eigenvalue weighted by Gasteiger charge is 2.64. The van der Waals surface area contributed by atoms with Gasteiger partial charge < -0.3 is 38.9 Å². The summed E-state index contributed by atoms with van der Waals surface area (Å²) in [5.74, 6) is -3.10. The van der Waals surface area contributed by atoms with Crippen LogP contribution in [0.25, 0.3) is 11.2 Å². The van der Waals surface area contributed by atoms with Gasteiger partial charge in [-0.15, -0.1) is 0 Å². The van der Waals surface area contributed by atoms with Gasteiger partial charge in [-0.2, -0.15) is 0 Å². The van der Waals surface area contributed by atoms with Gasteiger partial charge in [-0.25, -0.2) is 37.6 Å². The van der Waals surface area contributed by atoms with Gasteiger partial charge in [0.15, 0.2) is 17.4 Å². The number of phosphoric acid groups is 1. The van der Waals surface area contributed by atoms with E-state index in [1.807, 2.05) is 0 Å². The number of fused-ring (bicyclic) bond motifs is 1. The second-order valence-electron chi connectivity index (χ2n) is 9.70. The largest absolute Gasteiger partial charge is 0.510 e. The number of aromatic amines is 1. The third-order valence-electron chi connectivity index (χ3n) is 5.43. The highest BCUT2D eigenvalue weighted by atomic mass is 31.2. The molecule has 0 aliphatic carbocycles. The predicted molar refractivity (Wildman–Crippen MR) is 134 cm³/mol. The molecule has 20 heteroatoms. The van der Waals surface area contributed by atoms with E-state index < -0.39 is 81.9 Å². The summed E-state index contributed by atoms with van der Waals surface area (Å²) >= 11 is 0. The molecule has 18 nitrogen and oxygen atoms in total.